The van der Waals surface area contributed by atoms with Gasteiger partial charge in [0.1, 0.15) is 17.5 Å². The summed E-state index contributed by atoms with van der Waals surface area (Å²) in [5.41, 5.74) is 3.74. The van der Waals surface area contributed by atoms with Crippen LogP contribution in [0.4, 0.5) is 0 Å². The molecule has 4 aromatic carbocycles. The smallest absolute Gasteiger partial charge is 0.338 e. The van der Waals surface area contributed by atoms with Gasteiger partial charge in [0, 0.05) is 11.1 Å². The highest BCUT2D eigenvalue weighted by Gasteiger charge is 2.37. The summed E-state index contributed by atoms with van der Waals surface area (Å²) in [5.74, 6) is 0.790. The molecule has 216 valence electrons. The molecule has 1 atom stereocenters. The van der Waals surface area contributed by atoms with Crippen molar-refractivity contribution in [3.8, 4) is 11.5 Å². The Morgan fingerprint density at radius 1 is 0.953 bits per heavy atom. The van der Waals surface area contributed by atoms with Gasteiger partial charge in [-0.1, -0.05) is 78.1 Å². The van der Waals surface area contributed by atoms with E-state index in [1.54, 1.807) is 25.7 Å². The number of aromatic nitrogens is 1. The molecule has 0 saturated heterocycles. The van der Waals surface area contributed by atoms with E-state index in [1.165, 1.54) is 11.3 Å². The third-order valence-electron chi connectivity index (χ3n) is 7.51. The van der Waals surface area contributed by atoms with Crippen molar-refractivity contribution in [2.75, 3.05) is 20.8 Å². The van der Waals surface area contributed by atoms with Crippen molar-refractivity contribution in [3.63, 3.8) is 0 Å². The third-order valence-corrected chi connectivity index (χ3v) is 8.50. The number of nitrogens with zero attached hydrogens (tertiary/aromatic N) is 2. The number of thiazole rings is 1. The number of methoxy groups -OCH3 is 2. The number of carbonyl (C=O) groups is 1. The molecule has 0 saturated carbocycles. The SMILES string of the molecule is CCOC(=O)C1=C(c2ccccc2)N=c2s/c(=C\c3ccc(OC)c(C)c3)c(=O)n2[C@H]1c1c(OC)ccc2ccccc12. The Bertz CT molecular complexity index is 2080. The highest BCUT2D eigenvalue weighted by atomic mass is 32.1. The molecule has 1 aliphatic rings. The molecule has 7 nitrogen and oxygen atoms in total. The van der Waals surface area contributed by atoms with Gasteiger partial charge in [0.15, 0.2) is 4.80 Å². The van der Waals surface area contributed by atoms with E-state index in [0.717, 1.165) is 33.2 Å². The van der Waals surface area contributed by atoms with Crippen molar-refractivity contribution < 1.29 is 19.0 Å². The van der Waals surface area contributed by atoms with Crippen molar-refractivity contribution in [1.82, 2.24) is 4.57 Å². The van der Waals surface area contributed by atoms with E-state index < -0.39 is 12.0 Å². The minimum Gasteiger partial charge on any atom is -0.496 e. The van der Waals surface area contributed by atoms with Crippen molar-refractivity contribution in [1.29, 1.82) is 0 Å². The Morgan fingerprint density at radius 2 is 1.67 bits per heavy atom. The van der Waals surface area contributed by atoms with Crippen LogP contribution in [0.3, 0.4) is 0 Å². The number of hydrogen-bond donors (Lipinski definition) is 0. The summed E-state index contributed by atoms with van der Waals surface area (Å²) in [6, 6.07) is 26.2. The first kappa shape index (κ1) is 28.2. The van der Waals surface area contributed by atoms with E-state index in [1.807, 2.05) is 97.9 Å². The Kier molecular flexibility index (Phi) is 7.69. The molecule has 43 heavy (non-hydrogen) atoms. The Hall–Kier alpha value is -4.95. The number of benzene rings is 4. The zero-order valence-electron chi connectivity index (χ0n) is 24.3. The molecule has 0 aliphatic carbocycles. The Labute approximate surface area is 252 Å². The highest BCUT2D eigenvalue weighted by molar-refractivity contribution is 7.07. The van der Waals surface area contributed by atoms with Crippen LogP contribution >= 0.6 is 11.3 Å². The molecule has 0 bridgehead atoms. The zero-order valence-corrected chi connectivity index (χ0v) is 25.1. The van der Waals surface area contributed by atoms with Crippen LogP contribution in [0.5, 0.6) is 11.5 Å². The second kappa shape index (κ2) is 11.7. The number of fused-ring (bicyclic) bond motifs is 2. The van der Waals surface area contributed by atoms with Crippen molar-refractivity contribution in [2.24, 2.45) is 4.99 Å². The number of ether oxygens (including phenoxy) is 3. The maximum atomic E-state index is 14.4. The maximum absolute atomic E-state index is 14.4. The number of rotatable bonds is 7. The van der Waals surface area contributed by atoms with E-state index >= 15 is 0 Å². The molecular formula is C35H30N2O5S. The molecule has 0 N–H and O–H groups in total. The van der Waals surface area contributed by atoms with Crippen molar-refractivity contribution in [3.05, 3.63) is 132 Å². The van der Waals surface area contributed by atoms with Gasteiger partial charge in [0.2, 0.25) is 0 Å². The molecule has 0 fully saturated rings. The molecule has 0 spiro atoms. The summed E-state index contributed by atoms with van der Waals surface area (Å²) in [4.78, 5) is 33.7. The van der Waals surface area contributed by atoms with Gasteiger partial charge in [0.05, 0.1) is 36.6 Å². The van der Waals surface area contributed by atoms with Gasteiger partial charge >= 0.3 is 5.97 Å². The van der Waals surface area contributed by atoms with Gasteiger partial charge < -0.3 is 14.2 Å². The van der Waals surface area contributed by atoms with Crippen LogP contribution in [0, 0.1) is 6.92 Å². The predicted molar refractivity (Wildman–Crippen MR) is 169 cm³/mol. The molecule has 0 unspecified atom stereocenters. The van der Waals surface area contributed by atoms with Gasteiger partial charge in [-0.15, -0.1) is 0 Å². The van der Waals surface area contributed by atoms with Gasteiger partial charge in [-0.05, 0) is 60.0 Å². The topological polar surface area (TPSA) is 79.1 Å². The quantitative estimate of drug-likeness (QED) is 0.237. The fourth-order valence-electron chi connectivity index (χ4n) is 5.59. The Balaban J connectivity index is 1.72. The van der Waals surface area contributed by atoms with Gasteiger partial charge in [0.25, 0.3) is 5.56 Å². The molecule has 0 amide bonds. The lowest BCUT2D eigenvalue weighted by Gasteiger charge is -2.28. The molecular weight excluding hydrogens is 560 g/mol. The molecule has 1 aromatic heterocycles. The number of hydrogen-bond acceptors (Lipinski definition) is 7. The van der Waals surface area contributed by atoms with E-state index in [-0.39, 0.29) is 17.7 Å². The Morgan fingerprint density at radius 3 is 2.40 bits per heavy atom. The van der Waals surface area contributed by atoms with Crippen molar-refractivity contribution in [2.45, 2.75) is 19.9 Å². The maximum Gasteiger partial charge on any atom is 0.338 e. The predicted octanol–water partition coefficient (Wildman–Crippen LogP) is 5.41. The van der Waals surface area contributed by atoms with Crippen LogP contribution in [0.2, 0.25) is 0 Å². The second-order valence-electron chi connectivity index (χ2n) is 10.1. The monoisotopic (exact) mass is 590 g/mol. The van der Waals surface area contributed by atoms with E-state index in [4.69, 9.17) is 19.2 Å². The third kappa shape index (κ3) is 5.04. The fraction of sp³-hybridized carbons (Fsp3) is 0.171. The first-order valence-corrected chi connectivity index (χ1v) is 14.8. The van der Waals surface area contributed by atoms with Gasteiger partial charge in [-0.25, -0.2) is 9.79 Å². The summed E-state index contributed by atoms with van der Waals surface area (Å²) in [5, 5.41) is 1.82. The summed E-state index contributed by atoms with van der Waals surface area (Å²) >= 11 is 1.29. The standard InChI is InChI=1S/C35H30N2O5S/c1-5-42-34(39)30-31(24-12-7-6-8-13-24)36-35-37(32(30)29-25-14-10-9-11-23(25)16-18-27(29)41-4)33(38)28(43-35)20-22-15-17-26(40-3)21(2)19-22/h6-20,32H,5H2,1-4H3/b28-20-/t32-/m0/s1. The molecule has 2 heterocycles. The highest BCUT2D eigenvalue weighted by Crippen LogP contribution is 2.42. The van der Waals surface area contributed by atoms with E-state index in [2.05, 4.69) is 0 Å². The van der Waals surface area contributed by atoms with Gasteiger partial charge in [-0.2, -0.15) is 0 Å². The van der Waals surface area contributed by atoms with E-state index in [0.29, 0.717) is 26.3 Å². The van der Waals surface area contributed by atoms with Crippen LogP contribution in [0.25, 0.3) is 22.5 Å². The molecule has 1 aliphatic heterocycles. The molecule has 5 aromatic rings. The normalized spacial score (nSPS) is 14.8. The minimum atomic E-state index is -0.855. The summed E-state index contributed by atoms with van der Waals surface area (Å²) in [6.07, 6.45) is 1.85. The summed E-state index contributed by atoms with van der Waals surface area (Å²) in [7, 11) is 3.22. The lowest BCUT2D eigenvalue weighted by atomic mass is 9.89. The summed E-state index contributed by atoms with van der Waals surface area (Å²) < 4.78 is 19.0. The molecule has 6 rings (SSSR count). The average Bonchev–Trinajstić information content (AvgIpc) is 3.34. The lowest BCUT2D eigenvalue weighted by Crippen LogP contribution is -2.40. The number of carbonyl (C=O) groups excluding carboxylic acids is 1. The fourth-order valence-corrected chi connectivity index (χ4v) is 6.59. The number of aryl methyl sites for hydroxylation is 1. The van der Waals surface area contributed by atoms with Crippen LogP contribution in [-0.4, -0.2) is 31.4 Å². The van der Waals surface area contributed by atoms with Crippen molar-refractivity contribution >= 4 is 39.9 Å². The zero-order chi connectivity index (χ0) is 30.1. The largest absolute Gasteiger partial charge is 0.496 e. The first-order valence-electron chi connectivity index (χ1n) is 13.9. The summed E-state index contributed by atoms with van der Waals surface area (Å²) in [6.45, 7) is 3.90. The van der Waals surface area contributed by atoms with Crippen LogP contribution in [-0.2, 0) is 9.53 Å². The lowest BCUT2D eigenvalue weighted by molar-refractivity contribution is -0.138. The average molecular weight is 591 g/mol. The minimum absolute atomic E-state index is 0.172. The molecule has 0 radical (unpaired) electrons. The van der Waals surface area contributed by atoms with Gasteiger partial charge in [-0.3, -0.25) is 9.36 Å². The first-order chi connectivity index (χ1) is 20.9. The van der Waals surface area contributed by atoms with Crippen LogP contribution in [0.1, 0.15) is 35.2 Å². The molecule has 8 heteroatoms. The van der Waals surface area contributed by atoms with Crippen LogP contribution in [0.15, 0.2) is 100 Å². The number of esters is 1. The van der Waals surface area contributed by atoms with Crippen LogP contribution < -0.4 is 24.4 Å². The second-order valence-corrected chi connectivity index (χ2v) is 11.1. The van der Waals surface area contributed by atoms with E-state index in [9.17, 15) is 9.59 Å².